The number of hydrogen-bond acceptors (Lipinski definition) is 3. The lowest BCUT2D eigenvalue weighted by Crippen LogP contribution is -2.45. The number of allylic oxidation sites excluding steroid dienone is 3. The Morgan fingerprint density at radius 3 is 1.73 bits per heavy atom. The zero-order valence-electron chi connectivity index (χ0n) is 21.9. The molecule has 194 valence electrons. The Balaban J connectivity index is 3.55. The number of amides is 1. The van der Waals surface area contributed by atoms with E-state index >= 15 is 0 Å². The molecule has 3 N–H and O–H groups in total. The van der Waals surface area contributed by atoms with Crippen molar-refractivity contribution in [2.45, 2.75) is 148 Å². The summed E-state index contributed by atoms with van der Waals surface area (Å²) in [6.07, 6.45) is 30.0. The number of aliphatic hydroxyl groups is 2. The lowest BCUT2D eigenvalue weighted by molar-refractivity contribution is -0.123. The summed E-state index contributed by atoms with van der Waals surface area (Å²) in [5, 5.41) is 22.3. The molecule has 0 heterocycles. The van der Waals surface area contributed by atoms with Crippen molar-refractivity contribution in [1.82, 2.24) is 5.32 Å². The molecular weight excluding hydrogens is 410 g/mol. The van der Waals surface area contributed by atoms with Crippen LogP contribution in [-0.4, -0.2) is 34.9 Å². The normalized spacial score (nSPS) is 13.7. The van der Waals surface area contributed by atoms with Gasteiger partial charge in [0.15, 0.2) is 0 Å². The predicted molar refractivity (Wildman–Crippen MR) is 142 cm³/mol. The van der Waals surface area contributed by atoms with Gasteiger partial charge in [-0.15, -0.1) is 0 Å². The zero-order chi connectivity index (χ0) is 24.4. The van der Waals surface area contributed by atoms with Crippen molar-refractivity contribution in [3.8, 4) is 0 Å². The molecule has 0 spiro atoms. The molecular formula is C29H55NO3. The summed E-state index contributed by atoms with van der Waals surface area (Å²) in [6, 6.07) is -0.616. The highest BCUT2D eigenvalue weighted by atomic mass is 16.3. The van der Waals surface area contributed by atoms with Gasteiger partial charge in [-0.25, -0.2) is 0 Å². The van der Waals surface area contributed by atoms with Crippen LogP contribution in [0.4, 0.5) is 0 Å². The lowest BCUT2D eigenvalue weighted by atomic mass is 10.1. The van der Waals surface area contributed by atoms with Gasteiger partial charge in [-0.05, 0) is 38.5 Å². The molecule has 2 atom stereocenters. The summed E-state index contributed by atoms with van der Waals surface area (Å²) >= 11 is 0. The average Bonchev–Trinajstić information content (AvgIpc) is 2.82. The second-order valence-electron chi connectivity index (χ2n) is 9.46. The third-order valence-electron chi connectivity index (χ3n) is 6.18. The summed E-state index contributed by atoms with van der Waals surface area (Å²) in [5.74, 6) is -0.0807. The number of carbonyl (C=O) groups is 1. The first kappa shape index (κ1) is 31.9. The van der Waals surface area contributed by atoms with Crippen LogP contribution in [0.1, 0.15) is 136 Å². The van der Waals surface area contributed by atoms with E-state index in [4.69, 9.17) is 0 Å². The molecule has 0 bridgehead atoms. The second-order valence-corrected chi connectivity index (χ2v) is 9.46. The van der Waals surface area contributed by atoms with Crippen LogP contribution in [-0.2, 0) is 4.79 Å². The molecule has 0 aromatic heterocycles. The molecule has 0 aromatic carbocycles. The van der Waals surface area contributed by atoms with Gasteiger partial charge in [0.1, 0.15) is 0 Å². The minimum absolute atomic E-state index is 0.0807. The van der Waals surface area contributed by atoms with Crippen molar-refractivity contribution in [2.75, 3.05) is 6.61 Å². The van der Waals surface area contributed by atoms with Gasteiger partial charge in [0, 0.05) is 6.42 Å². The fourth-order valence-electron chi connectivity index (χ4n) is 3.92. The second kappa shape index (κ2) is 25.5. The van der Waals surface area contributed by atoms with E-state index in [1.165, 1.54) is 83.5 Å². The van der Waals surface area contributed by atoms with E-state index in [0.717, 1.165) is 32.1 Å². The Labute approximate surface area is 205 Å². The van der Waals surface area contributed by atoms with E-state index in [2.05, 4.69) is 31.3 Å². The van der Waals surface area contributed by atoms with Gasteiger partial charge in [-0.3, -0.25) is 4.79 Å². The highest BCUT2D eigenvalue weighted by molar-refractivity contribution is 5.76. The van der Waals surface area contributed by atoms with Gasteiger partial charge in [0.25, 0.3) is 0 Å². The molecule has 0 rings (SSSR count). The molecule has 0 aliphatic heterocycles. The predicted octanol–water partition coefficient (Wildman–Crippen LogP) is 7.39. The van der Waals surface area contributed by atoms with Gasteiger partial charge in [0.05, 0.1) is 18.8 Å². The Morgan fingerprint density at radius 2 is 1.18 bits per heavy atom. The Kier molecular flexibility index (Phi) is 24.6. The number of nitrogens with one attached hydrogen (secondary N) is 1. The van der Waals surface area contributed by atoms with Crippen LogP contribution in [0.2, 0.25) is 0 Å². The van der Waals surface area contributed by atoms with Crippen LogP contribution in [0.25, 0.3) is 0 Å². The van der Waals surface area contributed by atoms with Crippen molar-refractivity contribution in [1.29, 1.82) is 0 Å². The topological polar surface area (TPSA) is 69.6 Å². The third kappa shape index (κ3) is 22.4. The van der Waals surface area contributed by atoms with Crippen LogP contribution in [0, 0.1) is 0 Å². The summed E-state index contributed by atoms with van der Waals surface area (Å²) in [7, 11) is 0. The first-order chi connectivity index (χ1) is 16.2. The van der Waals surface area contributed by atoms with Crippen LogP contribution in [0.3, 0.4) is 0 Å². The fraction of sp³-hybridized carbons (Fsp3) is 0.828. The molecule has 0 radical (unpaired) electrons. The minimum atomic E-state index is -0.832. The Hall–Kier alpha value is -1.13. The van der Waals surface area contributed by atoms with E-state index < -0.39 is 12.1 Å². The number of hydrogen-bond donors (Lipinski definition) is 3. The van der Waals surface area contributed by atoms with Gasteiger partial charge < -0.3 is 15.5 Å². The van der Waals surface area contributed by atoms with Gasteiger partial charge in [-0.1, -0.05) is 115 Å². The molecule has 4 nitrogen and oxygen atoms in total. The maximum Gasteiger partial charge on any atom is 0.220 e. The molecule has 0 fully saturated rings. The third-order valence-corrected chi connectivity index (χ3v) is 6.18. The SMILES string of the molecule is CCCC/C=C/C(O)C(CO)NC(=O)CCCCCCCCC/C=C\CCCCCCCC. The largest absolute Gasteiger partial charge is 0.394 e. The molecule has 1 amide bonds. The van der Waals surface area contributed by atoms with Gasteiger partial charge in [-0.2, -0.15) is 0 Å². The molecule has 0 aliphatic carbocycles. The quantitative estimate of drug-likeness (QED) is 0.103. The van der Waals surface area contributed by atoms with Crippen LogP contribution in [0.15, 0.2) is 24.3 Å². The first-order valence-corrected chi connectivity index (χ1v) is 14.1. The van der Waals surface area contributed by atoms with Crippen molar-refractivity contribution < 1.29 is 15.0 Å². The van der Waals surface area contributed by atoms with E-state index in [1.54, 1.807) is 6.08 Å². The zero-order valence-corrected chi connectivity index (χ0v) is 21.9. The van der Waals surface area contributed by atoms with E-state index in [9.17, 15) is 15.0 Å². The molecule has 2 unspecified atom stereocenters. The summed E-state index contributed by atoms with van der Waals surface area (Å²) in [6.45, 7) is 4.14. The number of carbonyl (C=O) groups excluding carboxylic acids is 1. The maximum atomic E-state index is 12.1. The van der Waals surface area contributed by atoms with Crippen LogP contribution < -0.4 is 5.32 Å². The summed E-state index contributed by atoms with van der Waals surface area (Å²) < 4.78 is 0. The lowest BCUT2D eigenvalue weighted by Gasteiger charge is -2.19. The van der Waals surface area contributed by atoms with Gasteiger partial charge >= 0.3 is 0 Å². The van der Waals surface area contributed by atoms with E-state index in [0.29, 0.717) is 6.42 Å². The van der Waals surface area contributed by atoms with E-state index in [-0.39, 0.29) is 12.5 Å². The molecule has 33 heavy (non-hydrogen) atoms. The molecule has 0 aliphatic rings. The van der Waals surface area contributed by atoms with Crippen molar-refractivity contribution >= 4 is 5.91 Å². The molecule has 0 saturated carbocycles. The highest BCUT2D eigenvalue weighted by Crippen LogP contribution is 2.11. The highest BCUT2D eigenvalue weighted by Gasteiger charge is 2.17. The van der Waals surface area contributed by atoms with Crippen molar-refractivity contribution in [3.05, 3.63) is 24.3 Å². The average molecular weight is 466 g/mol. The van der Waals surface area contributed by atoms with Crippen LogP contribution in [0.5, 0.6) is 0 Å². The Morgan fingerprint density at radius 1 is 0.697 bits per heavy atom. The van der Waals surface area contributed by atoms with Crippen LogP contribution >= 0.6 is 0 Å². The minimum Gasteiger partial charge on any atom is -0.394 e. The number of unbranched alkanes of at least 4 members (excludes halogenated alkanes) is 15. The molecule has 0 saturated heterocycles. The summed E-state index contributed by atoms with van der Waals surface area (Å²) in [4.78, 5) is 12.1. The first-order valence-electron chi connectivity index (χ1n) is 14.1. The maximum absolute atomic E-state index is 12.1. The monoisotopic (exact) mass is 465 g/mol. The Bertz CT molecular complexity index is 475. The van der Waals surface area contributed by atoms with E-state index in [1.807, 2.05) is 6.08 Å². The molecule has 4 heteroatoms. The molecule has 0 aromatic rings. The standard InChI is InChI=1S/C29H55NO3/c1-3-5-7-9-10-11-12-13-14-15-16-17-18-19-20-21-23-25-29(33)30-27(26-31)28(32)24-22-8-6-4-2/h13-14,22,24,27-28,31-32H,3-12,15-21,23,25-26H2,1-2H3,(H,30,33)/b14-13-,24-22+. The number of rotatable bonds is 24. The van der Waals surface area contributed by atoms with Gasteiger partial charge in [0.2, 0.25) is 5.91 Å². The van der Waals surface area contributed by atoms with Crippen molar-refractivity contribution in [3.63, 3.8) is 0 Å². The smallest absolute Gasteiger partial charge is 0.220 e. The number of aliphatic hydroxyl groups excluding tert-OH is 2. The summed E-state index contributed by atoms with van der Waals surface area (Å²) in [5.41, 5.74) is 0. The van der Waals surface area contributed by atoms with Crippen molar-refractivity contribution in [2.24, 2.45) is 0 Å². The fourth-order valence-corrected chi connectivity index (χ4v) is 3.92.